The third-order valence-electron chi connectivity index (χ3n) is 3.76. The molecule has 0 aliphatic carbocycles. The molecule has 0 bridgehead atoms. The van der Waals surface area contributed by atoms with Crippen molar-refractivity contribution in [3.05, 3.63) is 52.6 Å². The number of hydrogen-bond acceptors (Lipinski definition) is 2. The first-order chi connectivity index (χ1) is 9.55. The Morgan fingerprint density at radius 2 is 2.10 bits per heavy atom. The molecule has 20 heavy (non-hydrogen) atoms. The molecular formula is C16H22FN3. The van der Waals surface area contributed by atoms with E-state index < -0.39 is 0 Å². The second kappa shape index (κ2) is 6.18. The van der Waals surface area contributed by atoms with E-state index in [0.717, 1.165) is 35.4 Å². The molecule has 1 N–H and O–H groups in total. The van der Waals surface area contributed by atoms with Crippen molar-refractivity contribution in [2.45, 2.75) is 32.7 Å². The molecule has 0 amide bonds. The fourth-order valence-corrected chi connectivity index (χ4v) is 2.51. The summed E-state index contributed by atoms with van der Waals surface area (Å²) in [5, 5.41) is 7.83. The summed E-state index contributed by atoms with van der Waals surface area (Å²) >= 11 is 0. The first-order valence-electron chi connectivity index (χ1n) is 7.00. The van der Waals surface area contributed by atoms with Crippen molar-refractivity contribution in [2.24, 2.45) is 7.05 Å². The Kier molecular flexibility index (Phi) is 4.55. The Bertz CT molecular complexity index is 589. The molecule has 0 saturated heterocycles. The van der Waals surface area contributed by atoms with Crippen LogP contribution in [-0.4, -0.2) is 16.8 Å². The molecule has 0 aliphatic heterocycles. The summed E-state index contributed by atoms with van der Waals surface area (Å²) < 4.78 is 15.1. The molecule has 1 heterocycles. The van der Waals surface area contributed by atoms with Crippen LogP contribution < -0.4 is 5.32 Å². The van der Waals surface area contributed by atoms with Crippen LogP contribution >= 0.6 is 0 Å². The summed E-state index contributed by atoms with van der Waals surface area (Å²) in [6.45, 7) is 4.05. The van der Waals surface area contributed by atoms with Crippen molar-refractivity contribution in [1.29, 1.82) is 0 Å². The van der Waals surface area contributed by atoms with E-state index in [0.29, 0.717) is 0 Å². The number of nitrogens with zero attached hydrogens (tertiary/aromatic N) is 2. The van der Waals surface area contributed by atoms with Gasteiger partial charge in [0.1, 0.15) is 5.82 Å². The molecule has 0 radical (unpaired) electrons. The van der Waals surface area contributed by atoms with Gasteiger partial charge < -0.3 is 5.32 Å². The zero-order valence-corrected chi connectivity index (χ0v) is 12.6. The first-order valence-corrected chi connectivity index (χ1v) is 7.00. The summed E-state index contributed by atoms with van der Waals surface area (Å²) in [5.41, 5.74) is 4.40. The molecule has 2 rings (SSSR count). The molecule has 0 spiro atoms. The van der Waals surface area contributed by atoms with Gasteiger partial charge in [-0.15, -0.1) is 0 Å². The molecule has 2 aromatic rings. The fraction of sp³-hybridized carbons (Fsp3) is 0.438. The van der Waals surface area contributed by atoms with Gasteiger partial charge in [-0.2, -0.15) is 5.10 Å². The number of hydrogen-bond donors (Lipinski definition) is 1. The smallest absolute Gasteiger partial charge is 0.123 e. The Morgan fingerprint density at radius 1 is 1.35 bits per heavy atom. The lowest BCUT2D eigenvalue weighted by Crippen LogP contribution is -2.22. The molecule has 4 heteroatoms. The monoisotopic (exact) mass is 275 g/mol. The van der Waals surface area contributed by atoms with Crippen LogP contribution in [0.2, 0.25) is 0 Å². The van der Waals surface area contributed by atoms with E-state index in [4.69, 9.17) is 0 Å². The number of rotatable bonds is 5. The molecule has 1 aromatic carbocycles. The highest BCUT2D eigenvalue weighted by atomic mass is 19.1. The lowest BCUT2D eigenvalue weighted by atomic mass is 9.99. The SMILES string of the molecule is CCc1cc(C(Cc2ccc(F)cc2C)NC)n(C)n1. The van der Waals surface area contributed by atoms with Gasteiger partial charge in [0.05, 0.1) is 17.4 Å². The molecule has 0 saturated carbocycles. The maximum absolute atomic E-state index is 13.2. The van der Waals surface area contributed by atoms with E-state index in [9.17, 15) is 4.39 Å². The average Bonchev–Trinajstić information content (AvgIpc) is 2.79. The number of aromatic nitrogens is 2. The zero-order valence-electron chi connectivity index (χ0n) is 12.6. The molecule has 1 atom stereocenters. The van der Waals surface area contributed by atoms with Gasteiger partial charge >= 0.3 is 0 Å². The van der Waals surface area contributed by atoms with Gasteiger partial charge in [0.25, 0.3) is 0 Å². The van der Waals surface area contributed by atoms with Gasteiger partial charge in [-0.3, -0.25) is 4.68 Å². The van der Waals surface area contributed by atoms with Crippen LogP contribution in [0.5, 0.6) is 0 Å². The number of likely N-dealkylation sites (N-methyl/N-ethyl adjacent to an activating group) is 1. The van der Waals surface area contributed by atoms with Crippen LogP contribution in [0.15, 0.2) is 24.3 Å². The number of nitrogens with one attached hydrogen (secondary N) is 1. The summed E-state index contributed by atoms with van der Waals surface area (Å²) in [6, 6.07) is 7.29. The average molecular weight is 275 g/mol. The highest BCUT2D eigenvalue weighted by molar-refractivity contribution is 5.29. The molecule has 3 nitrogen and oxygen atoms in total. The lowest BCUT2D eigenvalue weighted by molar-refractivity contribution is 0.535. The molecule has 0 aliphatic rings. The highest BCUT2D eigenvalue weighted by Gasteiger charge is 2.16. The maximum atomic E-state index is 13.2. The molecule has 0 fully saturated rings. The van der Waals surface area contributed by atoms with Crippen LogP contribution in [0, 0.1) is 12.7 Å². The van der Waals surface area contributed by atoms with Crippen LogP contribution in [0.4, 0.5) is 4.39 Å². The predicted octanol–water partition coefficient (Wildman–Crippen LogP) is 2.93. The molecule has 108 valence electrons. The predicted molar refractivity (Wildman–Crippen MR) is 79.2 cm³/mol. The number of aryl methyl sites for hydroxylation is 3. The third kappa shape index (κ3) is 3.07. The summed E-state index contributed by atoms with van der Waals surface area (Å²) in [5.74, 6) is -0.180. The van der Waals surface area contributed by atoms with Crippen LogP contribution in [-0.2, 0) is 19.9 Å². The third-order valence-corrected chi connectivity index (χ3v) is 3.76. The van der Waals surface area contributed by atoms with E-state index in [1.807, 2.05) is 31.8 Å². The summed E-state index contributed by atoms with van der Waals surface area (Å²) in [6.07, 6.45) is 1.76. The van der Waals surface area contributed by atoms with E-state index in [1.54, 1.807) is 6.07 Å². The Hall–Kier alpha value is -1.68. The quantitative estimate of drug-likeness (QED) is 0.909. The normalized spacial score (nSPS) is 12.7. The second-order valence-corrected chi connectivity index (χ2v) is 5.15. The van der Waals surface area contributed by atoms with Crippen LogP contribution in [0.3, 0.4) is 0 Å². The summed E-state index contributed by atoms with van der Waals surface area (Å²) in [7, 11) is 3.92. The standard InChI is InChI=1S/C16H22FN3/c1-5-14-10-16(20(4)19-14)15(18-3)9-12-6-7-13(17)8-11(12)2/h6-8,10,15,18H,5,9H2,1-4H3. The van der Waals surface area contributed by atoms with Crippen molar-refractivity contribution in [1.82, 2.24) is 15.1 Å². The van der Waals surface area contributed by atoms with E-state index in [-0.39, 0.29) is 11.9 Å². The fourth-order valence-electron chi connectivity index (χ4n) is 2.51. The van der Waals surface area contributed by atoms with Crippen molar-refractivity contribution in [2.75, 3.05) is 7.05 Å². The number of halogens is 1. The van der Waals surface area contributed by atoms with Crippen molar-refractivity contribution < 1.29 is 4.39 Å². The topological polar surface area (TPSA) is 29.9 Å². The molecule has 1 unspecified atom stereocenters. The van der Waals surface area contributed by atoms with Crippen LogP contribution in [0.1, 0.15) is 35.5 Å². The molecular weight excluding hydrogens is 253 g/mol. The van der Waals surface area contributed by atoms with Crippen molar-refractivity contribution >= 4 is 0 Å². The van der Waals surface area contributed by atoms with Crippen molar-refractivity contribution in [3.63, 3.8) is 0 Å². The van der Waals surface area contributed by atoms with Gasteiger partial charge in [-0.25, -0.2) is 4.39 Å². The molecule has 1 aromatic heterocycles. The van der Waals surface area contributed by atoms with Gasteiger partial charge in [0, 0.05) is 7.05 Å². The first kappa shape index (κ1) is 14.7. The van der Waals surface area contributed by atoms with Gasteiger partial charge in [-0.05, 0) is 56.1 Å². The highest BCUT2D eigenvalue weighted by Crippen LogP contribution is 2.21. The Morgan fingerprint density at radius 3 is 2.65 bits per heavy atom. The van der Waals surface area contributed by atoms with Gasteiger partial charge in [0.2, 0.25) is 0 Å². The largest absolute Gasteiger partial charge is 0.311 e. The summed E-state index contributed by atoms with van der Waals surface area (Å²) in [4.78, 5) is 0. The Labute approximate surface area is 119 Å². The lowest BCUT2D eigenvalue weighted by Gasteiger charge is -2.18. The van der Waals surface area contributed by atoms with E-state index >= 15 is 0 Å². The minimum Gasteiger partial charge on any atom is -0.311 e. The zero-order chi connectivity index (χ0) is 14.7. The Balaban J connectivity index is 2.26. The second-order valence-electron chi connectivity index (χ2n) is 5.15. The van der Waals surface area contributed by atoms with Gasteiger partial charge in [0.15, 0.2) is 0 Å². The van der Waals surface area contributed by atoms with Gasteiger partial charge in [-0.1, -0.05) is 13.0 Å². The number of benzene rings is 1. The minimum atomic E-state index is -0.180. The van der Waals surface area contributed by atoms with E-state index in [2.05, 4.69) is 23.4 Å². The van der Waals surface area contributed by atoms with E-state index in [1.165, 1.54) is 6.07 Å². The minimum absolute atomic E-state index is 0.178. The van der Waals surface area contributed by atoms with Crippen LogP contribution in [0.25, 0.3) is 0 Å². The van der Waals surface area contributed by atoms with Crippen molar-refractivity contribution in [3.8, 4) is 0 Å². The maximum Gasteiger partial charge on any atom is 0.123 e.